The van der Waals surface area contributed by atoms with Crippen molar-refractivity contribution in [2.24, 2.45) is 0 Å². The van der Waals surface area contributed by atoms with E-state index in [4.69, 9.17) is 4.74 Å². The number of fused-ring (bicyclic) bond motifs is 1. The van der Waals surface area contributed by atoms with E-state index in [0.717, 1.165) is 17.0 Å². The van der Waals surface area contributed by atoms with E-state index in [2.05, 4.69) is 4.28 Å². The number of carbonyl (C=O) groups is 1. The molecular weight excluding hydrogens is 294 g/mol. The Hall–Kier alpha value is -2.12. The number of methoxy groups -OCH3 is 1. The Morgan fingerprint density at radius 3 is 2.52 bits per heavy atom. The largest absolute Gasteiger partial charge is 0.496 e. The van der Waals surface area contributed by atoms with Gasteiger partial charge in [-0.3, -0.25) is 4.79 Å². The van der Waals surface area contributed by atoms with Crippen LogP contribution in [0.15, 0.2) is 36.4 Å². The summed E-state index contributed by atoms with van der Waals surface area (Å²) < 4.78 is 31.9. The van der Waals surface area contributed by atoms with Crippen LogP contribution >= 0.6 is 0 Å². The summed E-state index contributed by atoms with van der Waals surface area (Å²) in [6.07, 6.45) is 0.877. The first-order valence-corrected chi connectivity index (χ1v) is 7.88. The molecule has 0 unspecified atom stereocenters. The zero-order chi connectivity index (χ0) is 15.6. The van der Waals surface area contributed by atoms with E-state index in [-0.39, 0.29) is 0 Å². The molecule has 0 aliphatic carbocycles. The number of benzene rings is 2. The minimum absolute atomic E-state index is 0.321. The van der Waals surface area contributed by atoms with Crippen LogP contribution in [0.1, 0.15) is 10.4 Å². The Labute approximate surface area is 123 Å². The summed E-state index contributed by atoms with van der Waals surface area (Å²) in [5, 5.41) is 2.37. The van der Waals surface area contributed by atoms with Gasteiger partial charge in [-0.05, 0) is 29.7 Å². The van der Waals surface area contributed by atoms with Crippen molar-refractivity contribution in [3.05, 3.63) is 42.0 Å². The minimum atomic E-state index is -3.74. The zero-order valence-corrected chi connectivity index (χ0v) is 12.7. The van der Waals surface area contributed by atoms with Crippen molar-refractivity contribution in [2.75, 3.05) is 20.4 Å². The van der Waals surface area contributed by atoms with Gasteiger partial charge in [0.2, 0.25) is 0 Å². The van der Waals surface area contributed by atoms with Crippen LogP contribution in [0, 0.1) is 0 Å². The molecule has 0 aliphatic rings. The minimum Gasteiger partial charge on any atom is -0.496 e. The van der Waals surface area contributed by atoms with Crippen LogP contribution in [0.5, 0.6) is 5.75 Å². The molecule has 0 saturated carbocycles. The molecule has 0 atom stereocenters. The molecule has 2 aromatic carbocycles. The zero-order valence-electron chi connectivity index (χ0n) is 11.9. The molecule has 21 heavy (non-hydrogen) atoms. The number of carbonyl (C=O) groups excluding carboxylic acids is 1. The molecular formula is C14H15NO5S. The maximum absolute atomic E-state index is 12.1. The van der Waals surface area contributed by atoms with Crippen LogP contribution in [0.25, 0.3) is 10.8 Å². The van der Waals surface area contributed by atoms with Gasteiger partial charge in [0, 0.05) is 18.0 Å². The number of rotatable bonds is 4. The van der Waals surface area contributed by atoms with Crippen LogP contribution in [-0.4, -0.2) is 39.8 Å². The quantitative estimate of drug-likeness (QED) is 0.805. The molecule has 0 spiro atoms. The van der Waals surface area contributed by atoms with Crippen LogP contribution < -0.4 is 4.74 Å². The van der Waals surface area contributed by atoms with Gasteiger partial charge < -0.3 is 4.74 Å². The molecule has 0 saturated heterocycles. The Morgan fingerprint density at radius 1 is 1.19 bits per heavy atom. The van der Waals surface area contributed by atoms with E-state index in [9.17, 15) is 13.2 Å². The number of hydrogen-bond donors (Lipinski definition) is 0. The summed E-state index contributed by atoms with van der Waals surface area (Å²) in [5.41, 5.74) is 0.321. The van der Waals surface area contributed by atoms with Gasteiger partial charge in [-0.15, -0.1) is 4.28 Å². The standard InChI is InChI=1S/C14H15NO5S/c1-15(20-21(3,17)18)14(16)11-7-8-12-10(9-11)5-4-6-13(12)19-2/h4-9H,1-3H3. The predicted molar refractivity (Wildman–Crippen MR) is 78.5 cm³/mol. The van der Waals surface area contributed by atoms with E-state index in [1.165, 1.54) is 7.05 Å². The lowest BCUT2D eigenvalue weighted by Crippen LogP contribution is -2.29. The fraction of sp³-hybridized carbons (Fsp3) is 0.214. The molecule has 0 aliphatic heterocycles. The lowest BCUT2D eigenvalue weighted by Gasteiger charge is -2.15. The van der Waals surface area contributed by atoms with Crippen molar-refractivity contribution in [2.45, 2.75) is 0 Å². The molecule has 0 fully saturated rings. The van der Waals surface area contributed by atoms with Crippen LogP contribution in [0.2, 0.25) is 0 Å². The molecule has 112 valence electrons. The van der Waals surface area contributed by atoms with Crippen LogP contribution in [0.3, 0.4) is 0 Å². The fourth-order valence-corrected chi connectivity index (χ4v) is 2.46. The summed E-state index contributed by atoms with van der Waals surface area (Å²) in [5.74, 6) is 0.150. The van der Waals surface area contributed by atoms with E-state index in [1.54, 1.807) is 25.3 Å². The number of hydroxylamine groups is 2. The van der Waals surface area contributed by atoms with Gasteiger partial charge in [0.05, 0.1) is 13.4 Å². The molecule has 0 aromatic heterocycles. The van der Waals surface area contributed by atoms with E-state index in [0.29, 0.717) is 16.4 Å². The molecule has 0 bridgehead atoms. The molecule has 2 aromatic rings. The first-order valence-electron chi connectivity index (χ1n) is 6.06. The monoisotopic (exact) mass is 309 g/mol. The second-order valence-corrected chi connectivity index (χ2v) is 6.03. The van der Waals surface area contributed by atoms with Gasteiger partial charge in [-0.2, -0.15) is 8.42 Å². The molecule has 0 radical (unpaired) electrons. The van der Waals surface area contributed by atoms with Crippen molar-refractivity contribution in [1.82, 2.24) is 5.06 Å². The molecule has 7 heteroatoms. The van der Waals surface area contributed by atoms with Crippen LogP contribution in [0.4, 0.5) is 0 Å². The topological polar surface area (TPSA) is 72.9 Å². The third-order valence-corrected chi connectivity index (χ3v) is 3.33. The first kappa shape index (κ1) is 15.3. The molecule has 1 amide bonds. The Kier molecular flexibility index (Phi) is 4.15. The normalized spacial score (nSPS) is 11.4. The average Bonchev–Trinajstić information content (AvgIpc) is 2.43. The van der Waals surface area contributed by atoms with Gasteiger partial charge in [-0.25, -0.2) is 5.06 Å². The lowest BCUT2D eigenvalue weighted by atomic mass is 10.1. The van der Waals surface area contributed by atoms with Crippen LogP contribution in [-0.2, 0) is 14.4 Å². The number of nitrogens with zero attached hydrogens (tertiary/aromatic N) is 1. The molecule has 0 heterocycles. The SMILES string of the molecule is COc1cccc2cc(C(=O)N(C)OS(C)(=O)=O)ccc12. The molecule has 2 rings (SSSR count). The van der Waals surface area contributed by atoms with Crippen molar-refractivity contribution in [3.63, 3.8) is 0 Å². The summed E-state index contributed by atoms with van der Waals surface area (Å²) in [4.78, 5) is 12.1. The maximum atomic E-state index is 12.1. The Bertz CT molecular complexity index is 785. The Balaban J connectivity index is 2.37. The first-order chi connectivity index (χ1) is 9.81. The van der Waals surface area contributed by atoms with Gasteiger partial charge in [-0.1, -0.05) is 12.1 Å². The Morgan fingerprint density at radius 2 is 1.90 bits per heavy atom. The predicted octanol–water partition coefficient (Wildman–Crippen LogP) is 1.81. The van der Waals surface area contributed by atoms with Gasteiger partial charge in [0.15, 0.2) is 0 Å². The number of amides is 1. The van der Waals surface area contributed by atoms with Crippen molar-refractivity contribution in [1.29, 1.82) is 0 Å². The van der Waals surface area contributed by atoms with Crippen molar-refractivity contribution >= 4 is 26.8 Å². The van der Waals surface area contributed by atoms with E-state index in [1.807, 2.05) is 18.2 Å². The van der Waals surface area contributed by atoms with Crippen molar-refractivity contribution in [3.8, 4) is 5.75 Å². The highest BCUT2D eigenvalue weighted by molar-refractivity contribution is 7.85. The second-order valence-electron chi connectivity index (χ2n) is 4.48. The highest BCUT2D eigenvalue weighted by atomic mass is 32.2. The summed E-state index contributed by atoms with van der Waals surface area (Å²) in [6.45, 7) is 0. The van der Waals surface area contributed by atoms with Gasteiger partial charge in [0.25, 0.3) is 16.0 Å². The summed E-state index contributed by atoms with van der Waals surface area (Å²) in [7, 11) is -0.924. The van der Waals surface area contributed by atoms with Gasteiger partial charge >= 0.3 is 0 Å². The fourth-order valence-electron chi connectivity index (χ4n) is 1.98. The molecule has 6 nitrogen and oxygen atoms in total. The van der Waals surface area contributed by atoms with Gasteiger partial charge in [0.1, 0.15) is 5.75 Å². The number of ether oxygens (including phenoxy) is 1. The summed E-state index contributed by atoms with van der Waals surface area (Å²) in [6, 6.07) is 10.5. The van der Waals surface area contributed by atoms with Crippen molar-refractivity contribution < 1.29 is 22.2 Å². The third-order valence-electron chi connectivity index (χ3n) is 2.84. The highest BCUT2D eigenvalue weighted by Gasteiger charge is 2.17. The second kappa shape index (κ2) is 5.71. The highest BCUT2D eigenvalue weighted by Crippen LogP contribution is 2.26. The average molecular weight is 309 g/mol. The summed E-state index contributed by atoms with van der Waals surface area (Å²) >= 11 is 0. The number of hydrogen-bond acceptors (Lipinski definition) is 5. The van der Waals surface area contributed by atoms with E-state index < -0.39 is 16.0 Å². The smallest absolute Gasteiger partial charge is 0.285 e. The van der Waals surface area contributed by atoms with E-state index >= 15 is 0 Å². The lowest BCUT2D eigenvalue weighted by molar-refractivity contribution is -0.00806. The third kappa shape index (κ3) is 3.50. The maximum Gasteiger partial charge on any atom is 0.285 e. The molecule has 0 N–H and O–H groups in total.